The third kappa shape index (κ3) is 4.92. The Morgan fingerprint density at radius 2 is 2.07 bits per heavy atom. The molecule has 0 unspecified atom stereocenters. The second-order valence-electron chi connectivity index (χ2n) is 2.94. The summed E-state index contributed by atoms with van der Waals surface area (Å²) in [5.41, 5.74) is 0. The summed E-state index contributed by atoms with van der Waals surface area (Å²) in [5.74, 6) is 0.279. The van der Waals surface area contributed by atoms with Gasteiger partial charge in [0.25, 0.3) is 0 Å². The molecule has 0 spiro atoms. The van der Waals surface area contributed by atoms with E-state index in [9.17, 15) is 9.18 Å². The van der Waals surface area contributed by atoms with Gasteiger partial charge in [-0.1, -0.05) is 0 Å². The zero-order chi connectivity index (χ0) is 11.3. The van der Waals surface area contributed by atoms with Gasteiger partial charge in [0.1, 0.15) is 18.2 Å². The molecule has 0 amide bonds. The molecule has 0 aliphatic rings. The van der Waals surface area contributed by atoms with Crippen molar-refractivity contribution in [2.24, 2.45) is 0 Å². The molecule has 0 saturated carbocycles. The molecule has 0 saturated heterocycles. The third-order valence-corrected chi connectivity index (χ3v) is 2.17. The minimum Gasteiger partial charge on any atom is -0.488 e. The van der Waals surface area contributed by atoms with Crippen molar-refractivity contribution in [1.82, 2.24) is 0 Å². The van der Waals surface area contributed by atoms with Gasteiger partial charge in [-0.2, -0.15) is 0 Å². The largest absolute Gasteiger partial charge is 0.488 e. The highest BCUT2D eigenvalue weighted by Crippen LogP contribution is 2.14. The summed E-state index contributed by atoms with van der Waals surface area (Å²) >= 11 is 2.03. The normalized spacial score (nSPS) is 11.3. The number of rotatable bonds is 4. The van der Waals surface area contributed by atoms with Crippen LogP contribution in [-0.4, -0.2) is 12.4 Å². The number of carbonyl (C=O) groups excluding carboxylic acids is 1. The maximum atomic E-state index is 12.5. The van der Waals surface area contributed by atoms with Crippen molar-refractivity contribution in [2.45, 2.75) is 6.92 Å². The van der Waals surface area contributed by atoms with Crippen LogP contribution < -0.4 is 4.74 Å². The molecule has 15 heavy (non-hydrogen) atoms. The van der Waals surface area contributed by atoms with Crippen LogP contribution in [-0.2, 0) is 4.79 Å². The van der Waals surface area contributed by atoms with Crippen molar-refractivity contribution in [1.29, 1.82) is 0 Å². The van der Waals surface area contributed by atoms with E-state index < -0.39 is 0 Å². The van der Waals surface area contributed by atoms with Crippen LogP contribution in [0.4, 0.5) is 4.39 Å². The summed E-state index contributed by atoms with van der Waals surface area (Å²) in [6.07, 6.45) is 1.50. The van der Waals surface area contributed by atoms with Crippen LogP contribution in [0.5, 0.6) is 5.75 Å². The number of hydrogen-bond donors (Lipinski definition) is 0. The molecule has 0 heterocycles. The van der Waals surface area contributed by atoms with Gasteiger partial charge in [-0.15, -0.1) is 0 Å². The Hall–Kier alpha value is -0.910. The maximum Gasteiger partial charge on any atom is 0.153 e. The fourth-order valence-electron chi connectivity index (χ4n) is 0.945. The van der Waals surface area contributed by atoms with Gasteiger partial charge in [0.15, 0.2) is 5.78 Å². The predicted octanol–water partition coefficient (Wildman–Crippen LogP) is 3.11. The molecular weight excluding hydrogens is 310 g/mol. The van der Waals surface area contributed by atoms with E-state index in [1.807, 2.05) is 22.6 Å². The van der Waals surface area contributed by atoms with Crippen molar-refractivity contribution in [3.05, 3.63) is 39.7 Å². The maximum absolute atomic E-state index is 12.5. The zero-order valence-corrected chi connectivity index (χ0v) is 10.3. The second kappa shape index (κ2) is 5.85. The number of hydrogen-bond acceptors (Lipinski definition) is 2. The molecule has 2 nitrogen and oxygen atoms in total. The molecule has 80 valence electrons. The summed E-state index contributed by atoms with van der Waals surface area (Å²) in [5, 5.41) is 0. The van der Waals surface area contributed by atoms with Crippen LogP contribution in [0.25, 0.3) is 0 Å². The van der Waals surface area contributed by atoms with E-state index in [1.165, 1.54) is 25.1 Å². The smallest absolute Gasteiger partial charge is 0.153 e. The van der Waals surface area contributed by atoms with Gasteiger partial charge in [-0.3, -0.25) is 4.79 Å². The predicted molar refractivity (Wildman–Crippen MR) is 64.7 cm³/mol. The topological polar surface area (TPSA) is 26.3 Å². The Balaban J connectivity index is 2.50. The van der Waals surface area contributed by atoms with Crippen LogP contribution in [0.15, 0.2) is 33.9 Å². The zero-order valence-electron chi connectivity index (χ0n) is 8.17. The molecule has 1 aromatic carbocycles. The molecule has 0 radical (unpaired) electrons. The summed E-state index contributed by atoms with van der Waals surface area (Å²) in [6, 6.07) is 5.76. The van der Waals surface area contributed by atoms with Gasteiger partial charge < -0.3 is 4.74 Å². The Morgan fingerprint density at radius 1 is 1.47 bits per heavy atom. The molecule has 0 N–H and O–H groups in total. The third-order valence-electron chi connectivity index (χ3n) is 1.55. The van der Waals surface area contributed by atoms with Gasteiger partial charge in [0.2, 0.25) is 0 Å². The Labute approximate surface area is 101 Å². The monoisotopic (exact) mass is 320 g/mol. The lowest BCUT2D eigenvalue weighted by Crippen LogP contribution is -1.98. The highest BCUT2D eigenvalue weighted by atomic mass is 127. The Morgan fingerprint density at radius 3 is 2.60 bits per heavy atom. The van der Waals surface area contributed by atoms with E-state index in [0.29, 0.717) is 12.4 Å². The molecule has 0 aliphatic carbocycles. The summed E-state index contributed by atoms with van der Waals surface area (Å²) in [6.45, 7) is 1.81. The van der Waals surface area contributed by atoms with E-state index in [1.54, 1.807) is 12.1 Å². The van der Waals surface area contributed by atoms with Gasteiger partial charge in [-0.05, 0) is 59.9 Å². The number of benzene rings is 1. The SMILES string of the molecule is CC(=O)/C=C(\I)COc1ccc(F)cc1. The Bertz CT molecular complexity index is 371. The molecular formula is C11H10FIO2. The van der Waals surface area contributed by atoms with Gasteiger partial charge in [-0.25, -0.2) is 4.39 Å². The van der Waals surface area contributed by atoms with E-state index in [4.69, 9.17) is 4.74 Å². The summed E-state index contributed by atoms with van der Waals surface area (Å²) in [7, 11) is 0. The first-order valence-corrected chi connectivity index (χ1v) is 5.41. The standard InChI is InChI=1S/C11H10FIO2/c1-8(14)6-10(13)7-15-11-4-2-9(12)3-5-11/h2-6H,7H2,1H3/b10-6-. The summed E-state index contributed by atoms with van der Waals surface area (Å²) < 4.78 is 18.7. The van der Waals surface area contributed by atoms with E-state index in [-0.39, 0.29) is 11.6 Å². The molecule has 4 heteroatoms. The van der Waals surface area contributed by atoms with E-state index in [0.717, 1.165) is 3.58 Å². The first kappa shape index (κ1) is 12.2. The van der Waals surface area contributed by atoms with Gasteiger partial charge in [0, 0.05) is 3.58 Å². The lowest BCUT2D eigenvalue weighted by molar-refractivity contribution is -0.112. The quantitative estimate of drug-likeness (QED) is 0.629. The molecule has 1 rings (SSSR count). The van der Waals surface area contributed by atoms with Crippen LogP contribution in [0.2, 0.25) is 0 Å². The average Bonchev–Trinajstić information content (AvgIpc) is 2.16. The highest BCUT2D eigenvalue weighted by molar-refractivity contribution is 14.1. The second-order valence-corrected chi connectivity index (χ2v) is 4.33. The van der Waals surface area contributed by atoms with Gasteiger partial charge >= 0.3 is 0 Å². The highest BCUT2D eigenvalue weighted by Gasteiger charge is 1.97. The molecule has 0 aromatic heterocycles. The van der Waals surface area contributed by atoms with Crippen LogP contribution in [0.1, 0.15) is 6.92 Å². The lowest BCUT2D eigenvalue weighted by Gasteiger charge is -2.04. The number of ether oxygens (including phenoxy) is 1. The number of halogens is 2. The van der Waals surface area contributed by atoms with Gasteiger partial charge in [0.05, 0.1) is 0 Å². The fourth-order valence-corrected chi connectivity index (χ4v) is 1.54. The van der Waals surface area contributed by atoms with E-state index >= 15 is 0 Å². The van der Waals surface area contributed by atoms with Crippen LogP contribution in [0.3, 0.4) is 0 Å². The number of carbonyl (C=O) groups is 1. The summed E-state index contributed by atoms with van der Waals surface area (Å²) in [4.78, 5) is 10.7. The van der Waals surface area contributed by atoms with Crippen molar-refractivity contribution in [3.8, 4) is 5.75 Å². The first-order chi connectivity index (χ1) is 7.08. The first-order valence-electron chi connectivity index (χ1n) is 4.33. The molecule has 0 bridgehead atoms. The average molecular weight is 320 g/mol. The number of allylic oxidation sites excluding steroid dienone is 1. The van der Waals surface area contributed by atoms with Crippen molar-refractivity contribution < 1.29 is 13.9 Å². The van der Waals surface area contributed by atoms with Crippen LogP contribution >= 0.6 is 22.6 Å². The molecule has 0 fully saturated rings. The minimum atomic E-state index is -0.295. The Kier molecular flexibility index (Phi) is 4.74. The molecule has 0 aliphatic heterocycles. The fraction of sp³-hybridized carbons (Fsp3) is 0.182. The van der Waals surface area contributed by atoms with Crippen molar-refractivity contribution in [2.75, 3.05) is 6.61 Å². The minimum absolute atomic E-state index is 0.0119. The number of ketones is 1. The van der Waals surface area contributed by atoms with Crippen LogP contribution in [0, 0.1) is 5.82 Å². The van der Waals surface area contributed by atoms with E-state index in [2.05, 4.69) is 0 Å². The molecule has 0 atom stereocenters. The lowest BCUT2D eigenvalue weighted by atomic mass is 10.3. The van der Waals surface area contributed by atoms with Crippen molar-refractivity contribution >= 4 is 28.4 Å². The van der Waals surface area contributed by atoms with Crippen molar-refractivity contribution in [3.63, 3.8) is 0 Å². The molecule has 1 aromatic rings.